The normalized spacial score (nSPS) is 19.4. The summed E-state index contributed by atoms with van der Waals surface area (Å²) in [5.41, 5.74) is 0.941. The molecule has 0 radical (unpaired) electrons. The third kappa shape index (κ3) is 3.91. The molecule has 0 spiro atoms. The Kier molecular flexibility index (Phi) is 5.34. The summed E-state index contributed by atoms with van der Waals surface area (Å²) in [7, 11) is 0. The van der Waals surface area contributed by atoms with Crippen molar-refractivity contribution in [2.75, 3.05) is 26.2 Å². The van der Waals surface area contributed by atoms with Crippen molar-refractivity contribution in [3.63, 3.8) is 0 Å². The lowest BCUT2D eigenvalue weighted by Gasteiger charge is -2.14. The molecule has 0 bridgehead atoms. The second kappa shape index (κ2) is 7.02. The summed E-state index contributed by atoms with van der Waals surface area (Å²) in [5.74, 6) is 0.687. The first-order valence-electron chi connectivity index (χ1n) is 6.96. The number of nitrogens with zero attached hydrogens (tertiary/aromatic N) is 2. The first kappa shape index (κ1) is 15.2. The topological polar surface area (TPSA) is 58.4 Å². The monoisotopic (exact) mass is 297 g/mol. The molecule has 1 heterocycles. The molecule has 1 aliphatic heterocycles. The summed E-state index contributed by atoms with van der Waals surface area (Å²) in [6, 6.07) is 4.63. The molecule has 6 heteroatoms. The molecule has 0 amide bonds. The van der Waals surface area contributed by atoms with E-state index in [2.05, 4.69) is 17.1 Å². The Hall–Kier alpha value is -1.17. The number of likely N-dealkylation sites (tertiary alicyclic amines) is 1. The van der Waals surface area contributed by atoms with Crippen LogP contribution in [0.2, 0.25) is 5.02 Å². The van der Waals surface area contributed by atoms with Gasteiger partial charge in [0.15, 0.2) is 0 Å². The van der Waals surface area contributed by atoms with E-state index >= 15 is 0 Å². The lowest BCUT2D eigenvalue weighted by atomic mass is 10.1. The largest absolute Gasteiger partial charge is 0.312 e. The average molecular weight is 298 g/mol. The van der Waals surface area contributed by atoms with Gasteiger partial charge in [0.05, 0.1) is 9.95 Å². The molecule has 1 aliphatic rings. The number of hydrogen-bond acceptors (Lipinski definition) is 4. The lowest BCUT2D eigenvalue weighted by molar-refractivity contribution is -0.384. The lowest BCUT2D eigenvalue weighted by Crippen LogP contribution is -2.26. The van der Waals surface area contributed by atoms with Crippen molar-refractivity contribution in [3.05, 3.63) is 38.9 Å². The maximum absolute atomic E-state index is 10.6. The molecule has 20 heavy (non-hydrogen) atoms. The number of nitrogens with one attached hydrogen (secondary N) is 1. The van der Waals surface area contributed by atoms with Gasteiger partial charge in [0.25, 0.3) is 5.69 Å². The highest BCUT2D eigenvalue weighted by molar-refractivity contribution is 6.31. The Morgan fingerprint density at radius 3 is 2.95 bits per heavy atom. The van der Waals surface area contributed by atoms with Gasteiger partial charge in [-0.1, -0.05) is 18.5 Å². The molecule has 1 atom stereocenters. The molecule has 1 unspecified atom stereocenters. The van der Waals surface area contributed by atoms with Crippen LogP contribution in [-0.4, -0.2) is 36.0 Å². The molecule has 1 fully saturated rings. The summed E-state index contributed by atoms with van der Waals surface area (Å²) in [5, 5.41) is 14.5. The van der Waals surface area contributed by atoms with E-state index in [1.54, 1.807) is 6.07 Å². The Bertz CT molecular complexity index is 481. The van der Waals surface area contributed by atoms with Gasteiger partial charge in [-0.2, -0.15) is 0 Å². The Balaban J connectivity index is 1.81. The fourth-order valence-corrected chi connectivity index (χ4v) is 2.81. The molecule has 1 aromatic rings. The first-order chi connectivity index (χ1) is 9.60. The van der Waals surface area contributed by atoms with Crippen molar-refractivity contribution < 1.29 is 4.92 Å². The van der Waals surface area contributed by atoms with E-state index in [1.165, 1.54) is 25.1 Å². The number of rotatable bonds is 6. The number of non-ortho nitro benzene ring substituents is 1. The predicted molar refractivity (Wildman–Crippen MR) is 80.0 cm³/mol. The van der Waals surface area contributed by atoms with Crippen molar-refractivity contribution in [2.45, 2.75) is 19.9 Å². The highest BCUT2D eigenvalue weighted by Crippen LogP contribution is 2.22. The molecule has 2 rings (SSSR count). The van der Waals surface area contributed by atoms with Gasteiger partial charge in [-0.25, -0.2) is 0 Å². The highest BCUT2D eigenvalue weighted by Gasteiger charge is 2.20. The summed E-state index contributed by atoms with van der Waals surface area (Å²) in [6.07, 6.45) is 1.23. The maximum Gasteiger partial charge on any atom is 0.270 e. The zero-order valence-corrected chi connectivity index (χ0v) is 12.4. The molecule has 1 aromatic carbocycles. The van der Waals surface area contributed by atoms with E-state index in [1.807, 2.05) is 0 Å². The van der Waals surface area contributed by atoms with Crippen molar-refractivity contribution in [3.8, 4) is 0 Å². The molecule has 1 saturated heterocycles. The molecule has 0 aromatic heterocycles. The van der Waals surface area contributed by atoms with Gasteiger partial charge in [0, 0.05) is 25.2 Å². The standard InChI is InChI=1S/C14H20ClN3O2/c1-2-17-6-5-11(10-17)8-16-9-12-3-4-13(18(19)20)7-14(12)15/h3-4,7,11,16H,2,5-6,8-10H2,1H3. The van der Waals surface area contributed by atoms with Crippen molar-refractivity contribution >= 4 is 17.3 Å². The van der Waals surface area contributed by atoms with E-state index in [0.717, 1.165) is 25.2 Å². The second-order valence-electron chi connectivity index (χ2n) is 5.21. The fraction of sp³-hybridized carbons (Fsp3) is 0.571. The number of hydrogen-bond donors (Lipinski definition) is 1. The quantitative estimate of drug-likeness (QED) is 0.648. The minimum atomic E-state index is -0.430. The third-order valence-corrected chi connectivity index (χ3v) is 4.16. The van der Waals surface area contributed by atoms with E-state index in [4.69, 9.17) is 11.6 Å². The molecule has 0 saturated carbocycles. The van der Waals surface area contributed by atoms with Gasteiger partial charge in [0.1, 0.15) is 0 Å². The van der Waals surface area contributed by atoms with E-state index in [9.17, 15) is 10.1 Å². The SMILES string of the molecule is CCN1CCC(CNCc2ccc([N+](=O)[O-])cc2Cl)C1. The van der Waals surface area contributed by atoms with Gasteiger partial charge in [-0.05, 0) is 43.6 Å². The molecular formula is C14H20ClN3O2. The van der Waals surface area contributed by atoms with Crippen LogP contribution < -0.4 is 5.32 Å². The molecule has 5 nitrogen and oxygen atoms in total. The molecule has 110 valence electrons. The summed E-state index contributed by atoms with van der Waals surface area (Å²) >= 11 is 6.06. The van der Waals surface area contributed by atoms with Crippen molar-refractivity contribution in [2.24, 2.45) is 5.92 Å². The van der Waals surface area contributed by atoms with Crippen molar-refractivity contribution in [1.82, 2.24) is 10.2 Å². The van der Waals surface area contributed by atoms with Crippen molar-refractivity contribution in [1.29, 1.82) is 0 Å². The molecule has 0 aliphatic carbocycles. The van der Waals surface area contributed by atoms with E-state index in [-0.39, 0.29) is 5.69 Å². The highest BCUT2D eigenvalue weighted by atomic mass is 35.5. The van der Waals surface area contributed by atoms with Crippen LogP contribution in [0.25, 0.3) is 0 Å². The van der Waals surface area contributed by atoms with Crippen LogP contribution in [-0.2, 0) is 6.54 Å². The third-order valence-electron chi connectivity index (χ3n) is 3.81. The minimum Gasteiger partial charge on any atom is -0.312 e. The van der Waals surface area contributed by atoms with Crippen LogP contribution in [0.3, 0.4) is 0 Å². The number of halogens is 1. The van der Waals surface area contributed by atoms with Gasteiger partial charge < -0.3 is 10.2 Å². The first-order valence-corrected chi connectivity index (χ1v) is 7.33. The summed E-state index contributed by atoms with van der Waals surface area (Å²) in [6.45, 7) is 7.25. The Morgan fingerprint density at radius 1 is 1.55 bits per heavy atom. The van der Waals surface area contributed by atoms with Crippen LogP contribution in [0.15, 0.2) is 18.2 Å². The number of nitro groups is 1. The van der Waals surface area contributed by atoms with E-state index < -0.39 is 4.92 Å². The zero-order chi connectivity index (χ0) is 14.5. The smallest absolute Gasteiger partial charge is 0.270 e. The Labute approximate surface area is 124 Å². The number of benzene rings is 1. The minimum absolute atomic E-state index is 0.0353. The van der Waals surface area contributed by atoms with Crippen LogP contribution in [0, 0.1) is 16.0 Å². The summed E-state index contributed by atoms with van der Waals surface area (Å²) < 4.78 is 0. The predicted octanol–water partition coefficient (Wildman–Crippen LogP) is 2.68. The van der Waals surface area contributed by atoms with Gasteiger partial charge in [0.2, 0.25) is 0 Å². The fourth-order valence-electron chi connectivity index (χ4n) is 2.57. The maximum atomic E-state index is 10.6. The van der Waals surface area contributed by atoms with Gasteiger partial charge in [-0.15, -0.1) is 0 Å². The number of nitro benzene ring substituents is 1. The Morgan fingerprint density at radius 2 is 2.35 bits per heavy atom. The van der Waals surface area contributed by atoms with Gasteiger partial charge in [-0.3, -0.25) is 10.1 Å². The van der Waals surface area contributed by atoms with Crippen LogP contribution >= 0.6 is 11.6 Å². The van der Waals surface area contributed by atoms with Crippen LogP contribution in [0.4, 0.5) is 5.69 Å². The second-order valence-corrected chi connectivity index (χ2v) is 5.62. The summed E-state index contributed by atoms with van der Waals surface area (Å²) in [4.78, 5) is 12.7. The van der Waals surface area contributed by atoms with Crippen LogP contribution in [0.5, 0.6) is 0 Å². The molecule has 1 N–H and O–H groups in total. The van der Waals surface area contributed by atoms with Gasteiger partial charge >= 0.3 is 0 Å². The average Bonchev–Trinajstić information content (AvgIpc) is 2.88. The zero-order valence-electron chi connectivity index (χ0n) is 11.6. The van der Waals surface area contributed by atoms with E-state index in [0.29, 0.717) is 17.5 Å². The van der Waals surface area contributed by atoms with Crippen LogP contribution in [0.1, 0.15) is 18.9 Å². The molecular weight excluding hydrogens is 278 g/mol.